The number of aromatic nitrogens is 2. The van der Waals surface area contributed by atoms with Crippen molar-refractivity contribution in [1.82, 2.24) is 20.4 Å². The van der Waals surface area contributed by atoms with Gasteiger partial charge in [0.05, 0.1) is 0 Å². The van der Waals surface area contributed by atoms with Crippen LogP contribution in [-0.2, 0) is 23.2 Å². The first-order chi connectivity index (χ1) is 11.8. The van der Waals surface area contributed by atoms with Crippen LogP contribution >= 0.6 is 12.4 Å². The maximum atomic E-state index is 13.2. The van der Waals surface area contributed by atoms with Crippen LogP contribution in [0.15, 0.2) is 42.7 Å². The van der Waals surface area contributed by atoms with E-state index < -0.39 is 5.54 Å². The van der Waals surface area contributed by atoms with Crippen LogP contribution in [0.25, 0.3) is 0 Å². The Kier molecular flexibility index (Phi) is 5.45. The minimum atomic E-state index is -0.550. The number of rotatable bonds is 3. The molecule has 2 heterocycles. The molecule has 6 heteroatoms. The molecule has 1 aliphatic carbocycles. The predicted octanol–water partition coefficient (Wildman–Crippen LogP) is 2.06. The Balaban J connectivity index is 0.00000182. The second-order valence-electron chi connectivity index (χ2n) is 6.91. The molecule has 1 fully saturated rings. The first-order valence-electron chi connectivity index (χ1n) is 8.86. The third kappa shape index (κ3) is 3.44. The number of fused-ring (bicyclic) bond motifs is 1. The van der Waals surface area contributed by atoms with E-state index in [4.69, 9.17) is 0 Å². The van der Waals surface area contributed by atoms with Crippen LogP contribution in [0.1, 0.15) is 30.4 Å². The fourth-order valence-corrected chi connectivity index (χ4v) is 4.06. The zero-order valence-electron chi connectivity index (χ0n) is 14.3. The van der Waals surface area contributed by atoms with Crippen molar-refractivity contribution >= 4 is 18.3 Å². The van der Waals surface area contributed by atoms with E-state index in [0.717, 1.165) is 45.2 Å². The van der Waals surface area contributed by atoms with Crippen LogP contribution in [-0.4, -0.2) is 34.8 Å². The third-order valence-electron chi connectivity index (χ3n) is 5.48. The third-order valence-corrected chi connectivity index (χ3v) is 5.48. The normalized spacial score (nSPS) is 21.7. The summed E-state index contributed by atoms with van der Waals surface area (Å²) in [6.07, 6.45) is 8.21. The molecule has 134 valence electrons. The lowest BCUT2D eigenvalue weighted by atomic mass is 9.85. The number of carbonyl (C=O) groups is 1. The SMILES string of the molecule is Cl.O=C(NC1CCc2ccccc2C1)C1(n2cccn2)CCNCC1. The molecule has 1 amide bonds. The van der Waals surface area contributed by atoms with Gasteiger partial charge in [-0.1, -0.05) is 24.3 Å². The zero-order valence-corrected chi connectivity index (χ0v) is 15.1. The number of amides is 1. The Bertz CT molecular complexity index is 710. The Hall–Kier alpha value is -1.85. The van der Waals surface area contributed by atoms with Crippen molar-refractivity contribution in [2.45, 2.75) is 43.7 Å². The van der Waals surface area contributed by atoms with Crippen molar-refractivity contribution in [3.63, 3.8) is 0 Å². The van der Waals surface area contributed by atoms with Gasteiger partial charge < -0.3 is 10.6 Å². The monoisotopic (exact) mass is 360 g/mol. The van der Waals surface area contributed by atoms with E-state index in [1.54, 1.807) is 6.20 Å². The molecule has 2 N–H and O–H groups in total. The van der Waals surface area contributed by atoms with E-state index in [2.05, 4.69) is 40.0 Å². The molecule has 0 radical (unpaired) electrons. The van der Waals surface area contributed by atoms with Crippen molar-refractivity contribution in [2.24, 2.45) is 0 Å². The lowest BCUT2D eigenvalue weighted by molar-refractivity contribution is -0.132. The quantitative estimate of drug-likeness (QED) is 0.880. The van der Waals surface area contributed by atoms with Gasteiger partial charge in [0.1, 0.15) is 5.54 Å². The molecule has 1 atom stereocenters. The molecule has 1 aliphatic heterocycles. The van der Waals surface area contributed by atoms with Gasteiger partial charge in [-0.3, -0.25) is 9.48 Å². The highest BCUT2D eigenvalue weighted by atomic mass is 35.5. The van der Waals surface area contributed by atoms with E-state index in [0.29, 0.717) is 0 Å². The summed E-state index contributed by atoms with van der Waals surface area (Å²) in [4.78, 5) is 13.2. The second kappa shape index (κ2) is 7.58. The van der Waals surface area contributed by atoms with Gasteiger partial charge in [-0.25, -0.2) is 0 Å². The van der Waals surface area contributed by atoms with Gasteiger partial charge in [0.25, 0.3) is 0 Å². The van der Waals surface area contributed by atoms with E-state index in [9.17, 15) is 4.79 Å². The number of nitrogens with one attached hydrogen (secondary N) is 2. The predicted molar refractivity (Wildman–Crippen MR) is 100.0 cm³/mol. The number of hydrogen-bond acceptors (Lipinski definition) is 3. The Labute approximate surface area is 154 Å². The summed E-state index contributed by atoms with van der Waals surface area (Å²) in [5.41, 5.74) is 2.24. The second-order valence-corrected chi connectivity index (χ2v) is 6.91. The van der Waals surface area contributed by atoms with Gasteiger partial charge in [-0.05, 0) is 62.4 Å². The maximum absolute atomic E-state index is 13.2. The molecule has 1 aromatic carbocycles. The molecule has 4 rings (SSSR count). The number of halogens is 1. The highest BCUT2D eigenvalue weighted by molar-refractivity contribution is 5.85. The van der Waals surface area contributed by atoms with Crippen molar-refractivity contribution in [3.8, 4) is 0 Å². The number of hydrogen-bond donors (Lipinski definition) is 2. The number of benzene rings is 1. The van der Waals surface area contributed by atoms with Crippen LogP contribution in [0.4, 0.5) is 0 Å². The first kappa shape index (κ1) is 18.0. The van der Waals surface area contributed by atoms with Crippen LogP contribution in [0.5, 0.6) is 0 Å². The molecule has 0 saturated carbocycles. The molecular formula is C19H25ClN4O. The lowest BCUT2D eigenvalue weighted by Gasteiger charge is -2.38. The van der Waals surface area contributed by atoms with Gasteiger partial charge in [0, 0.05) is 18.4 Å². The molecule has 0 spiro atoms. The summed E-state index contributed by atoms with van der Waals surface area (Å²) in [7, 11) is 0. The van der Waals surface area contributed by atoms with E-state index >= 15 is 0 Å². The fraction of sp³-hybridized carbons (Fsp3) is 0.474. The highest BCUT2D eigenvalue weighted by Gasteiger charge is 2.42. The first-order valence-corrected chi connectivity index (χ1v) is 8.86. The van der Waals surface area contributed by atoms with Crippen molar-refractivity contribution in [1.29, 1.82) is 0 Å². The molecule has 5 nitrogen and oxygen atoms in total. The Morgan fingerprint density at radius 3 is 2.68 bits per heavy atom. The summed E-state index contributed by atoms with van der Waals surface area (Å²) in [6, 6.07) is 10.7. The number of nitrogens with zero attached hydrogens (tertiary/aromatic N) is 2. The van der Waals surface area contributed by atoms with Crippen LogP contribution in [0.3, 0.4) is 0 Å². The molecule has 0 bridgehead atoms. The number of aryl methyl sites for hydroxylation is 1. The van der Waals surface area contributed by atoms with Gasteiger partial charge in [0.2, 0.25) is 5.91 Å². The van der Waals surface area contributed by atoms with Crippen LogP contribution in [0, 0.1) is 0 Å². The largest absolute Gasteiger partial charge is 0.351 e. The van der Waals surface area contributed by atoms with Gasteiger partial charge in [-0.15, -0.1) is 12.4 Å². The maximum Gasteiger partial charge on any atom is 0.248 e. The standard InChI is InChI=1S/C19H24N4O.ClH/c24-18(19(8-11-20-12-9-19)23-13-3-10-21-23)22-17-7-6-15-4-1-2-5-16(15)14-17;/h1-5,10,13,17,20H,6-9,11-12,14H2,(H,22,24);1H. The smallest absolute Gasteiger partial charge is 0.248 e. The highest BCUT2D eigenvalue weighted by Crippen LogP contribution is 2.28. The summed E-state index contributed by atoms with van der Waals surface area (Å²) in [5.74, 6) is 0.122. The fourth-order valence-electron chi connectivity index (χ4n) is 4.06. The van der Waals surface area contributed by atoms with Crippen LogP contribution < -0.4 is 10.6 Å². The van der Waals surface area contributed by atoms with Gasteiger partial charge in [0.15, 0.2) is 0 Å². The molecular weight excluding hydrogens is 336 g/mol. The van der Waals surface area contributed by atoms with Crippen LogP contribution in [0.2, 0.25) is 0 Å². The number of carbonyl (C=O) groups excluding carboxylic acids is 1. The summed E-state index contributed by atoms with van der Waals surface area (Å²) < 4.78 is 1.86. The minimum Gasteiger partial charge on any atom is -0.351 e. The topological polar surface area (TPSA) is 59.0 Å². The minimum absolute atomic E-state index is 0. The average Bonchev–Trinajstić information content (AvgIpc) is 3.17. The molecule has 2 aromatic rings. The van der Waals surface area contributed by atoms with Gasteiger partial charge in [-0.2, -0.15) is 5.10 Å². The molecule has 2 aliphatic rings. The lowest BCUT2D eigenvalue weighted by Crippen LogP contribution is -2.57. The van der Waals surface area contributed by atoms with E-state index in [1.807, 2.05) is 16.9 Å². The van der Waals surface area contributed by atoms with E-state index in [1.165, 1.54) is 11.1 Å². The zero-order chi connectivity index (χ0) is 16.4. The van der Waals surface area contributed by atoms with Gasteiger partial charge >= 0.3 is 0 Å². The summed E-state index contributed by atoms with van der Waals surface area (Å²) >= 11 is 0. The summed E-state index contributed by atoms with van der Waals surface area (Å²) in [5, 5.41) is 11.1. The molecule has 25 heavy (non-hydrogen) atoms. The Morgan fingerprint density at radius 2 is 1.96 bits per heavy atom. The molecule has 1 aromatic heterocycles. The molecule has 1 saturated heterocycles. The molecule has 1 unspecified atom stereocenters. The number of piperidine rings is 1. The van der Waals surface area contributed by atoms with Crippen molar-refractivity contribution in [2.75, 3.05) is 13.1 Å². The van der Waals surface area contributed by atoms with Crippen molar-refractivity contribution in [3.05, 3.63) is 53.9 Å². The summed E-state index contributed by atoms with van der Waals surface area (Å²) in [6.45, 7) is 1.70. The average molecular weight is 361 g/mol. The van der Waals surface area contributed by atoms with Crippen molar-refractivity contribution < 1.29 is 4.79 Å². The van der Waals surface area contributed by atoms with E-state index in [-0.39, 0.29) is 24.4 Å². The Morgan fingerprint density at radius 1 is 1.20 bits per heavy atom.